The van der Waals surface area contributed by atoms with Gasteiger partial charge in [0.2, 0.25) is 5.69 Å². The van der Waals surface area contributed by atoms with E-state index in [9.17, 15) is 0 Å². The van der Waals surface area contributed by atoms with Crippen LogP contribution in [0.5, 0.6) is 11.5 Å². The SMILES string of the molecule is [2H]c1c([2H])c(C([2H])([2H])[2H])c([2H])c([2H])c1[N+]1=C=[N+](c2[c-]c(Oc3[c-]c4c(cc3)c3ccncc3n4-c3cc(C(C)(C)C)ccn3)cc(C(C)(C)C)c2)c2ccccc21.[Pt+2]. The molecule has 0 N–H and O–H groups in total. The summed E-state index contributed by atoms with van der Waals surface area (Å²) in [6, 6.07) is 29.1. The number of hydrogen-bond donors (Lipinski definition) is 0. The molecule has 3 aromatic heterocycles. The monoisotopic (exact) mass is 855 g/mol. The second-order valence-corrected chi connectivity index (χ2v) is 14.4. The molecular weight excluding hydrogens is 810 g/mol. The fraction of sp³-hybridized carbons (Fsp3) is 0.205. The zero-order valence-corrected chi connectivity index (χ0v) is 31.3. The number of nitrogens with zero attached hydrogens (tertiary/aromatic N) is 5. The molecule has 0 radical (unpaired) electrons. The average Bonchev–Trinajstić information content (AvgIpc) is 3.69. The topological polar surface area (TPSA) is 46.0 Å². The Labute approximate surface area is 323 Å². The van der Waals surface area contributed by atoms with Gasteiger partial charge in [-0.05, 0) is 51.4 Å². The van der Waals surface area contributed by atoms with Crippen LogP contribution in [0.3, 0.4) is 0 Å². The maximum absolute atomic E-state index is 8.82. The molecule has 0 bridgehead atoms. The normalized spacial score (nSPS) is 15.0. The Morgan fingerprint density at radius 3 is 2.25 bits per heavy atom. The first-order valence-corrected chi connectivity index (χ1v) is 16.4. The number of aromatic nitrogens is 3. The third-order valence-corrected chi connectivity index (χ3v) is 8.85. The molecule has 0 atom stereocenters. The molecule has 0 aliphatic carbocycles. The van der Waals surface area contributed by atoms with Gasteiger partial charge in [-0.3, -0.25) is 4.98 Å². The predicted molar refractivity (Wildman–Crippen MR) is 203 cm³/mol. The van der Waals surface area contributed by atoms with Crippen LogP contribution in [0.15, 0.2) is 109 Å². The molecule has 4 aromatic carbocycles. The number of ether oxygens (including phenoxy) is 1. The van der Waals surface area contributed by atoms with E-state index in [1.807, 2.05) is 60.9 Å². The quantitative estimate of drug-likeness (QED) is 0.128. The summed E-state index contributed by atoms with van der Waals surface area (Å²) in [5, 5.41) is 1.97. The van der Waals surface area contributed by atoms with Crippen molar-refractivity contribution in [2.45, 2.75) is 59.2 Å². The molecule has 0 saturated heterocycles. The first-order chi connectivity index (χ1) is 26.8. The molecule has 1 aliphatic heterocycles. The van der Waals surface area contributed by atoms with Crippen LogP contribution in [0.2, 0.25) is 0 Å². The van der Waals surface area contributed by atoms with E-state index >= 15 is 0 Å². The van der Waals surface area contributed by atoms with Gasteiger partial charge >= 0.3 is 27.1 Å². The summed E-state index contributed by atoms with van der Waals surface area (Å²) in [5.41, 5.74) is 4.29. The third-order valence-electron chi connectivity index (χ3n) is 8.85. The van der Waals surface area contributed by atoms with E-state index < -0.39 is 36.6 Å². The van der Waals surface area contributed by atoms with Crippen LogP contribution in [0.25, 0.3) is 27.6 Å². The smallest absolute Gasteiger partial charge is 0.509 e. The maximum atomic E-state index is 8.82. The summed E-state index contributed by atoms with van der Waals surface area (Å²) < 4.78 is 70.2. The molecule has 0 unspecified atom stereocenters. The molecular formula is C44H39N5OPt+2. The number of benzene rings is 4. The van der Waals surface area contributed by atoms with Crippen LogP contribution in [-0.2, 0) is 31.9 Å². The van der Waals surface area contributed by atoms with Crippen LogP contribution in [0, 0.1) is 19.0 Å². The van der Waals surface area contributed by atoms with Gasteiger partial charge in [0.1, 0.15) is 11.5 Å². The van der Waals surface area contributed by atoms with Crippen LogP contribution >= 0.6 is 0 Å². The van der Waals surface area contributed by atoms with Crippen LogP contribution in [0.4, 0.5) is 22.7 Å². The van der Waals surface area contributed by atoms with Crippen LogP contribution in [0.1, 0.15) is 67.8 Å². The summed E-state index contributed by atoms with van der Waals surface area (Å²) in [5.74, 6) is 1.61. The maximum Gasteiger partial charge on any atom is 2.00 e. The largest absolute Gasteiger partial charge is 2.00 e. The van der Waals surface area contributed by atoms with Gasteiger partial charge in [0.05, 0.1) is 17.2 Å². The van der Waals surface area contributed by atoms with Crippen LogP contribution in [-0.4, -0.2) is 20.5 Å². The van der Waals surface area contributed by atoms with Crippen molar-refractivity contribution in [2.24, 2.45) is 0 Å². The minimum atomic E-state index is -2.83. The zero-order valence-electron chi connectivity index (χ0n) is 36.0. The first kappa shape index (κ1) is 26.6. The first-order valence-electron chi connectivity index (χ1n) is 19.9. The minimum absolute atomic E-state index is 0. The fourth-order valence-corrected chi connectivity index (χ4v) is 6.15. The number of rotatable bonds is 5. The van der Waals surface area contributed by atoms with Crippen molar-refractivity contribution in [1.82, 2.24) is 23.7 Å². The molecule has 7 heteroatoms. The summed E-state index contributed by atoms with van der Waals surface area (Å²) in [6.07, 6.45) is 5.43. The molecule has 1 aliphatic rings. The van der Waals surface area contributed by atoms with E-state index in [0.29, 0.717) is 28.6 Å². The van der Waals surface area contributed by atoms with Gasteiger partial charge in [-0.15, -0.1) is 29.1 Å². The van der Waals surface area contributed by atoms with Gasteiger partial charge < -0.3 is 9.30 Å². The van der Waals surface area contributed by atoms with Gasteiger partial charge in [0.25, 0.3) is 11.4 Å². The van der Waals surface area contributed by atoms with Crippen molar-refractivity contribution in [3.05, 3.63) is 138 Å². The summed E-state index contributed by atoms with van der Waals surface area (Å²) in [4.78, 5) is 9.20. The van der Waals surface area contributed by atoms with Crippen LogP contribution < -0.4 is 13.9 Å². The second-order valence-electron chi connectivity index (χ2n) is 14.4. The molecule has 4 heterocycles. The van der Waals surface area contributed by atoms with Crippen molar-refractivity contribution >= 4 is 50.6 Å². The van der Waals surface area contributed by atoms with Crippen molar-refractivity contribution in [3.8, 4) is 17.3 Å². The Bertz CT molecular complexity index is 2850. The molecule has 0 saturated carbocycles. The van der Waals surface area contributed by atoms with E-state index in [-0.39, 0.29) is 37.6 Å². The molecule has 0 spiro atoms. The number of pyridine rings is 2. The second kappa shape index (κ2) is 12.9. The van der Waals surface area contributed by atoms with Gasteiger partial charge in [0, 0.05) is 52.2 Å². The van der Waals surface area contributed by atoms with E-state index in [2.05, 4.69) is 75.3 Å². The zero-order chi connectivity index (χ0) is 40.8. The number of para-hydroxylation sites is 2. The predicted octanol–water partition coefficient (Wildman–Crippen LogP) is 10.7. The van der Waals surface area contributed by atoms with E-state index in [1.54, 1.807) is 22.9 Å². The van der Waals surface area contributed by atoms with Gasteiger partial charge in [-0.25, -0.2) is 4.98 Å². The van der Waals surface area contributed by atoms with Crippen molar-refractivity contribution in [3.63, 3.8) is 0 Å². The number of fused-ring (bicyclic) bond motifs is 4. The van der Waals surface area contributed by atoms with Gasteiger partial charge in [-0.1, -0.05) is 93.5 Å². The Morgan fingerprint density at radius 2 is 1.53 bits per heavy atom. The molecule has 8 rings (SSSR count). The average molecular weight is 856 g/mol. The van der Waals surface area contributed by atoms with E-state index in [0.717, 1.165) is 38.8 Å². The summed E-state index contributed by atoms with van der Waals surface area (Å²) >= 11 is 0. The third kappa shape index (κ3) is 6.35. The summed E-state index contributed by atoms with van der Waals surface area (Å²) in [6.45, 7) is 9.95. The van der Waals surface area contributed by atoms with E-state index in [4.69, 9.17) is 19.3 Å². The molecule has 7 aromatic rings. The number of hydrogen-bond acceptors (Lipinski definition) is 3. The standard InChI is InChI=1S/C44H39N5O.Pt/c1-29-12-14-32(15-13-29)47-28-48(39-11-9-8-10-38(39)47)33-22-31(44(5,6)7)23-35(25-33)50-34-16-17-36-37-19-20-45-27-41(37)49(40(36)26-34)42-24-30(18-21-46-42)43(2,3)4;/h8-24,27H,1-7H3;/q;+2/i1D3,12D,13D,14D,15D;. The summed E-state index contributed by atoms with van der Waals surface area (Å²) in [7, 11) is 0. The molecule has 0 fully saturated rings. The Balaban J connectivity index is 0.00000512. The van der Waals surface area contributed by atoms with Crippen molar-refractivity contribution in [2.75, 3.05) is 0 Å². The van der Waals surface area contributed by atoms with Crippen molar-refractivity contribution in [1.29, 1.82) is 0 Å². The Morgan fingerprint density at radius 1 is 0.784 bits per heavy atom. The molecule has 6 nitrogen and oxygen atoms in total. The Kier molecular flexibility index (Phi) is 6.72. The van der Waals surface area contributed by atoms with Gasteiger partial charge in [0.15, 0.2) is 0 Å². The van der Waals surface area contributed by atoms with Crippen molar-refractivity contribution < 1.29 is 35.4 Å². The van der Waals surface area contributed by atoms with E-state index in [1.165, 1.54) is 4.58 Å². The molecule has 0 amide bonds. The fourth-order valence-electron chi connectivity index (χ4n) is 6.15. The molecule has 51 heavy (non-hydrogen) atoms. The Hall–Kier alpha value is -5.15. The molecule has 254 valence electrons. The minimum Gasteiger partial charge on any atom is -0.509 e. The van der Waals surface area contributed by atoms with Gasteiger partial charge in [-0.2, -0.15) is 6.07 Å².